The lowest BCUT2D eigenvalue weighted by atomic mass is 10.0. The van der Waals surface area contributed by atoms with Crippen LogP contribution >= 0.6 is 11.3 Å². The second-order valence-corrected chi connectivity index (χ2v) is 5.95. The highest BCUT2D eigenvalue weighted by atomic mass is 32.1. The Morgan fingerprint density at radius 1 is 1.55 bits per heavy atom. The van der Waals surface area contributed by atoms with Gasteiger partial charge >= 0.3 is 12.0 Å². The van der Waals surface area contributed by atoms with Crippen LogP contribution < -0.4 is 5.32 Å². The van der Waals surface area contributed by atoms with E-state index in [1.165, 1.54) is 11.3 Å². The van der Waals surface area contributed by atoms with Crippen LogP contribution in [-0.2, 0) is 4.79 Å². The number of hydrogen-bond acceptors (Lipinski definition) is 4. The Morgan fingerprint density at radius 3 is 2.80 bits per heavy atom. The number of likely N-dealkylation sites (tertiary alicyclic amines) is 1. The third-order valence-electron chi connectivity index (χ3n) is 3.54. The molecule has 110 valence electrons. The molecule has 0 aliphatic carbocycles. The van der Waals surface area contributed by atoms with Gasteiger partial charge in [-0.15, -0.1) is 11.3 Å². The smallest absolute Gasteiger partial charge is 0.331 e. The number of aliphatic hydroxyl groups excluding tert-OH is 1. The molecule has 1 fully saturated rings. The molecular formula is C13H18N2O4S. The number of nitrogens with zero attached hydrogens (tertiary/aromatic N) is 1. The number of amides is 2. The number of nitrogens with one attached hydrogen (secondary N) is 1. The van der Waals surface area contributed by atoms with Gasteiger partial charge in [0.15, 0.2) is 6.04 Å². The maximum absolute atomic E-state index is 12.1. The van der Waals surface area contributed by atoms with E-state index in [-0.39, 0.29) is 5.92 Å². The van der Waals surface area contributed by atoms with Crippen LogP contribution in [-0.4, -0.2) is 46.3 Å². The van der Waals surface area contributed by atoms with E-state index in [0.717, 1.165) is 6.42 Å². The fourth-order valence-electron chi connectivity index (χ4n) is 2.29. The normalized spacial score (nSPS) is 21.5. The fourth-order valence-corrected chi connectivity index (χ4v) is 3.06. The molecule has 0 radical (unpaired) electrons. The molecular weight excluding hydrogens is 280 g/mol. The molecule has 3 unspecified atom stereocenters. The van der Waals surface area contributed by atoms with Crippen LogP contribution in [0, 0.1) is 5.92 Å². The molecule has 0 aromatic carbocycles. The second-order valence-electron chi connectivity index (χ2n) is 4.97. The van der Waals surface area contributed by atoms with Gasteiger partial charge in [-0.1, -0.05) is 6.07 Å². The summed E-state index contributed by atoms with van der Waals surface area (Å²) in [6.45, 7) is 2.70. The number of urea groups is 1. The maximum atomic E-state index is 12.1. The standard InChI is InChI=1S/C13H18N2O4S/c1-8(16)9-4-5-15(7-9)13(19)14-11(12(17)18)10-3-2-6-20-10/h2-3,6,8-9,11,16H,4-5,7H2,1H3,(H,14,19)(H,17,18). The van der Waals surface area contributed by atoms with Crippen molar-refractivity contribution in [2.45, 2.75) is 25.5 Å². The van der Waals surface area contributed by atoms with Crippen molar-refractivity contribution in [3.8, 4) is 0 Å². The molecule has 20 heavy (non-hydrogen) atoms. The van der Waals surface area contributed by atoms with E-state index in [9.17, 15) is 19.8 Å². The van der Waals surface area contributed by atoms with E-state index >= 15 is 0 Å². The van der Waals surface area contributed by atoms with E-state index in [0.29, 0.717) is 18.0 Å². The Kier molecular flexibility index (Phi) is 4.61. The van der Waals surface area contributed by atoms with E-state index in [1.54, 1.807) is 29.3 Å². The first-order valence-corrected chi connectivity index (χ1v) is 7.36. The summed E-state index contributed by atoms with van der Waals surface area (Å²) in [7, 11) is 0. The molecule has 2 rings (SSSR count). The van der Waals surface area contributed by atoms with Gasteiger partial charge in [-0.3, -0.25) is 0 Å². The third kappa shape index (κ3) is 3.29. The molecule has 1 aromatic rings. The topological polar surface area (TPSA) is 89.9 Å². The summed E-state index contributed by atoms with van der Waals surface area (Å²) in [4.78, 5) is 25.5. The number of carbonyl (C=O) groups excluding carboxylic acids is 1. The largest absolute Gasteiger partial charge is 0.479 e. The first-order valence-electron chi connectivity index (χ1n) is 6.48. The molecule has 2 amide bonds. The number of aliphatic carboxylic acids is 1. The summed E-state index contributed by atoms with van der Waals surface area (Å²) in [5, 5.41) is 23.0. The molecule has 1 aliphatic rings. The highest BCUT2D eigenvalue weighted by Crippen LogP contribution is 2.22. The minimum atomic E-state index is -1.08. The number of carboxylic acid groups (broad SMARTS) is 1. The molecule has 0 saturated carbocycles. The van der Waals surface area contributed by atoms with Crippen molar-refractivity contribution < 1.29 is 19.8 Å². The molecule has 3 atom stereocenters. The van der Waals surface area contributed by atoms with Crippen molar-refractivity contribution in [3.63, 3.8) is 0 Å². The van der Waals surface area contributed by atoms with Crippen molar-refractivity contribution in [1.82, 2.24) is 10.2 Å². The van der Waals surface area contributed by atoms with Gasteiger partial charge in [0.05, 0.1) is 6.10 Å². The van der Waals surface area contributed by atoms with Crippen LogP contribution in [0.3, 0.4) is 0 Å². The van der Waals surface area contributed by atoms with Crippen LogP contribution in [0.15, 0.2) is 17.5 Å². The number of hydrogen-bond donors (Lipinski definition) is 3. The zero-order chi connectivity index (χ0) is 14.7. The first kappa shape index (κ1) is 14.8. The maximum Gasteiger partial charge on any atom is 0.331 e. The zero-order valence-corrected chi connectivity index (χ0v) is 12.0. The van der Waals surface area contributed by atoms with Crippen LogP contribution in [0.1, 0.15) is 24.3 Å². The van der Waals surface area contributed by atoms with E-state index in [4.69, 9.17) is 0 Å². The SMILES string of the molecule is CC(O)C1CCN(C(=O)NC(C(=O)O)c2cccs2)C1. The second kappa shape index (κ2) is 6.23. The van der Waals surface area contributed by atoms with Crippen LogP contribution in [0.25, 0.3) is 0 Å². The van der Waals surface area contributed by atoms with Gasteiger partial charge < -0.3 is 20.4 Å². The summed E-state index contributed by atoms with van der Waals surface area (Å²) in [5.74, 6) is -1.02. The predicted molar refractivity (Wildman–Crippen MR) is 74.6 cm³/mol. The molecule has 0 bridgehead atoms. The molecule has 3 N–H and O–H groups in total. The fraction of sp³-hybridized carbons (Fsp3) is 0.538. The monoisotopic (exact) mass is 298 g/mol. The van der Waals surface area contributed by atoms with Gasteiger partial charge in [0.1, 0.15) is 0 Å². The molecule has 1 saturated heterocycles. The Hall–Kier alpha value is -1.60. The van der Waals surface area contributed by atoms with Crippen LogP contribution in [0.5, 0.6) is 0 Å². The molecule has 2 heterocycles. The van der Waals surface area contributed by atoms with Gasteiger partial charge in [0, 0.05) is 23.9 Å². The number of carboxylic acids is 1. The van der Waals surface area contributed by atoms with Crippen molar-refractivity contribution in [2.75, 3.05) is 13.1 Å². The van der Waals surface area contributed by atoms with Gasteiger partial charge in [-0.2, -0.15) is 0 Å². The quantitative estimate of drug-likeness (QED) is 0.781. The minimum Gasteiger partial charge on any atom is -0.479 e. The Labute approximate surface area is 121 Å². The number of aliphatic hydroxyl groups is 1. The predicted octanol–water partition coefficient (Wildman–Crippen LogP) is 1.29. The lowest BCUT2D eigenvalue weighted by Crippen LogP contribution is -2.42. The summed E-state index contributed by atoms with van der Waals surface area (Å²) in [6.07, 6.45) is 0.280. The average Bonchev–Trinajstić information content (AvgIpc) is 3.05. The highest BCUT2D eigenvalue weighted by molar-refractivity contribution is 7.10. The Bertz CT molecular complexity index is 475. The molecule has 0 spiro atoms. The lowest BCUT2D eigenvalue weighted by Gasteiger charge is -2.21. The van der Waals surface area contributed by atoms with E-state index in [1.807, 2.05) is 0 Å². The third-order valence-corrected chi connectivity index (χ3v) is 4.47. The van der Waals surface area contributed by atoms with Crippen LogP contribution in [0.2, 0.25) is 0 Å². The van der Waals surface area contributed by atoms with Crippen molar-refractivity contribution >= 4 is 23.3 Å². The van der Waals surface area contributed by atoms with Crippen molar-refractivity contribution in [2.24, 2.45) is 5.92 Å². The van der Waals surface area contributed by atoms with E-state index in [2.05, 4.69) is 5.32 Å². The molecule has 1 aromatic heterocycles. The van der Waals surface area contributed by atoms with Crippen molar-refractivity contribution in [3.05, 3.63) is 22.4 Å². The number of rotatable bonds is 4. The highest BCUT2D eigenvalue weighted by Gasteiger charge is 2.31. The first-order chi connectivity index (χ1) is 9.49. The summed E-state index contributed by atoms with van der Waals surface area (Å²) >= 11 is 1.30. The summed E-state index contributed by atoms with van der Waals surface area (Å²) in [6, 6.07) is 2.02. The number of thiophene rings is 1. The summed E-state index contributed by atoms with van der Waals surface area (Å²) < 4.78 is 0. The minimum absolute atomic E-state index is 0.0609. The van der Waals surface area contributed by atoms with Crippen LogP contribution in [0.4, 0.5) is 4.79 Å². The van der Waals surface area contributed by atoms with Gasteiger partial charge in [-0.05, 0) is 24.8 Å². The average molecular weight is 298 g/mol. The van der Waals surface area contributed by atoms with Gasteiger partial charge in [0.2, 0.25) is 0 Å². The lowest BCUT2D eigenvalue weighted by molar-refractivity contribution is -0.139. The summed E-state index contributed by atoms with van der Waals surface area (Å²) in [5.41, 5.74) is 0. The van der Waals surface area contributed by atoms with Gasteiger partial charge in [0.25, 0.3) is 0 Å². The molecule has 1 aliphatic heterocycles. The van der Waals surface area contributed by atoms with Gasteiger partial charge in [-0.25, -0.2) is 9.59 Å². The Morgan fingerprint density at radius 2 is 2.30 bits per heavy atom. The molecule has 6 nitrogen and oxygen atoms in total. The van der Waals surface area contributed by atoms with E-state index < -0.39 is 24.1 Å². The number of carbonyl (C=O) groups is 2. The van der Waals surface area contributed by atoms with Crippen molar-refractivity contribution in [1.29, 1.82) is 0 Å². The zero-order valence-electron chi connectivity index (χ0n) is 11.2. The Balaban J connectivity index is 1.98. The molecule has 7 heteroatoms.